The Balaban J connectivity index is 1.98. The molecule has 0 saturated carbocycles. The van der Waals surface area contributed by atoms with Crippen molar-refractivity contribution in [1.29, 1.82) is 0 Å². The van der Waals surface area contributed by atoms with Crippen LogP contribution in [0.25, 0.3) is 0 Å². The zero-order valence-electron chi connectivity index (χ0n) is 10.1. The molecule has 2 rings (SSSR count). The quantitative estimate of drug-likeness (QED) is 0.783. The predicted molar refractivity (Wildman–Crippen MR) is 67.5 cm³/mol. The van der Waals surface area contributed by atoms with E-state index in [1.807, 2.05) is 16.4 Å². The van der Waals surface area contributed by atoms with E-state index in [-0.39, 0.29) is 0 Å². The van der Waals surface area contributed by atoms with E-state index in [4.69, 9.17) is 0 Å². The molecule has 0 radical (unpaired) electrons. The molecule has 0 bridgehead atoms. The van der Waals surface area contributed by atoms with Crippen molar-refractivity contribution in [3.63, 3.8) is 0 Å². The number of nitrogens with zero attached hydrogens (tertiary/aromatic N) is 4. The van der Waals surface area contributed by atoms with Gasteiger partial charge in [0.15, 0.2) is 0 Å². The third kappa shape index (κ3) is 2.58. The molecular weight excluding hydrogens is 220 g/mol. The number of aromatic nitrogens is 3. The van der Waals surface area contributed by atoms with Crippen LogP contribution in [0.3, 0.4) is 0 Å². The topological polar surface area (TPSA) is 34.0 Å². The maximum Gasteiger partial charge on any atom is 0.141 e. The Labute approximate surface area is 101 Å². The SMILES string of the molecule is CCn1ncnc1CN1CCCC1CSC. The number of thioether (sulfide) groups is 1. The van der Waals surface area contributed by atoms with Crippen molar-refractivity contribution in [3.05, 3.63) is 12.2 Å². The van der Waals surface area contributed by atoms with Gasteiger partial charge in [-0.25, -0.2) is 9.67 Å². The number of rotatable bonds is 5. The fourth-order valence-electron chi connectivity index (χ4n) is 2.34. The van der Waals surface area contributed by atoms with Gasteiger partial charge in [-0.3, -0.25) is 4.90 Å². The Morgan fingerprint density at radius 2 is 2.44 bits per heavy atom. The molecular formula is C11H20N4S. The zero-order chi connectivity index (χ0) is 11.4. The van der Waals surface area contributed by atoms with Crippen molar-refractivity contribution < 1.29 is 0 Å². The summed E-state index contributed by atoms with van der Waals surface area (Å²) in [6.45, 7) is 5.19. The molecule has 1 atom stereocenters. The van der Waals surface area contributed by atoms with Gasteiger partial charge in [-0.15, -0.1) is 0 Å². The average molecular weight is 240 g/mol. The first-order valence-corrected chi connectivity index (χ1v) is 7.34. The fourth-order valence-corrected chi connectivity index (χ4v) is 3.10. The van der Waals surface area contributed by atoms with Gasteiger partial charge in [0, 0.05) is 18.3 Å². The largest absolute Gasteiger partial charge is 0.292 e. The highest BCUT2D eigenvalue weighted by Crippen LogP contribution is 2.21. The summed E-state index contributed by atoms with van der Waals surface area (Å²) in [6.07, 6.45) is 6.51. The van der Waals surface area contributed by atoms with Crippen LogP contribution in [0.2, 0.25) is 0 Å². The van der Waals surface area contributed by atoms with Crippen molar-refractivity contribution in [2.75, 3.05) is 18.6 Å². The maximum atomic E-state index is 4.35. The van der Waals surface area contributed by atoms with E-state index in [9.17, 15) is 0 Å². The normalized spacial score (nSPS) is 21.8. The molecule has 5 heteroatoms. The van der Waals surface area contributed by atoms with Gasteiger partial charge in [-0.1, -0.05) is 0 Å². The van der Waals surface area contributed by atoms with Crippen LogP contribution >= 0.6 is 11.8 Å². The van der Waals surface area contributed by atoms with Gasteiger partial charge in [-0.2, -0.15) is 16.9 Å². The first-order valence-electron chi connectivity index (χ1n) is 5.94. The van der Waals surface area contributed by atoms with Crippen LogP contribution in [0.1, 0.15) is 25.6 Å². The molecule has 0 N–H and O–H groups in total. The Morgan fingerprint density at radius 3 is 3.19 bits per heavy atom. The van der Waals surface area contributed by atoms with Crippen LogP contribution in [-0.4, -0.2) is 44.3 Å². The highest BCUT2D eigenvalue weighted by Gasteiger charge is 2.25. The van der Waals surface area contributed by atoms with Crippen molar-refractivity contribution in [2.45, 2.75) is 38.9 Å². The van der Waals surface area contributed by atoms with E-state index in [2.05, 4.69) is 28.2 Å². The van der Waals surface area contributed by atoms with Gasteiger partial charge in [0.2, 0.25) is 0 Å². The van der Waals surface area contributed by atoms with E-state index in [0.717, 1.165) is 25.0 Å². The highest BCUT2D eigenvalue weighted by molar-refractivity contribution is 7.98. The van der Waals surface area contributed by atoms with Gasteiger partial charge >= 0.3 is 0 Å². The monoisotopic (exact) mass is 240 g/mol. The molecule has 2 heterocycles. The lowest BCUT2D eigenvalue weighted by atomic mass is 10.2. The minimum absolute atomic E-state index is 0.733. The van der Waals surface area contributed by atoms with Gasteiger partial charge in [-0.05, 0) is 32.6 Å². The van der Waals surface area contributed by atoms with E-state index in [1.54, 1.807) is 6.33 Å². The minimum atomic E-state index is 0.733. The number of hydrogen-bond acceptors (Lipinski definition) is 4. The van der Waals surface area contributed by atoms with E-state index in [1.165, 1.54) is 25.1 Å². The molecule has 1 aromatic rings. The van der Waals surface area contributed by atoms with Crippen molar-refractivity contribution >= 4 is 11.8 Å². The van der Waals surface area contributed by atoms with Gasteiger partial charge < -0.3 is 0 Å². The second-order valence-electron chi connectivity index (χ2n) is 4.21. The molecule has 4 nitrogen and oxygen atoms in total. The van der Waals surface area contributed by atoms with Gasteiger partial charge in [0.05, 0.1) is 6.54 Å². The van der Waals surface area contributed by atoms with E-state index >= 15 is 0 Å². The molecule has 1 saturated heterocycles. The maximum absolute atomic E-state index is 4.35. The molecule has 90 valence electrons. The summed E-state index contributed by atoms with van der Waals surface area (Å²) in [5.41, 5.74) is 0. The number of hydrogen-bond donors (Lipinski definition) is 0. The van der Waals surface area contributed by atoms with Crippen LogP contribution in [0, 0.1) is 0 Å². The smallest absolute Gasteiger partial charge is 0.141 e. The van der Waals surface area contributed by atoms with Crippen LogP contribution < -0.4 is 0 Å². The highest BCUT2D eigenvalue weighted by atomic mass is 32.2. The van der Waals surface area contributed by atoms with Crippen LogP contribution in [-0.2, 0) is 13.1 Å². The molecule has 0 aromatic carbocycles. The third-order valence-corrected chi connectivity index (χ3v) is 3.92. The van der Waals surface area contributed by atoms with Crippen molar-refractivity contribution in [3.8, 4) is 0 Å². The van der Waals surface area contributed by atoms with Crippen LogP contribution in [0.5, 0.6) is 0 Å². The predicted octanol–water partition coefficient (Wildman–Crippen LogP) is 1.63. The van der Waals surface area contributed by atoms with E-state index in [0.29, 0.717) is 0 Å². The summed E-state index contributed by atoms with van der Waals surface area (Å²) in [4.78, 5) is 6.90. The molecule has 1 fully saturated rings. The van der Waals surface area contributed by atoms with E-state index < -0.39 is 0 Å². The van der Waals surface area contributed by atoms with Gasteiger partial charge in [0.25, 0.3) is 0 Å². The molecule has 16 heavy (non-hydrogen) atoms. The summed E-state index contributed by atoms with van der Waals surface area (Å²) in [6, 6.07) is 0.733. The molecule has 0 aliphatic carbocycles. The van der Waals surface area contributed by atoms with Gasteiger partial charge in [0.1, 0.15) is 12.2 Å². The van der Waals surface area contributed by atoms with Crippen molar-refractivity contribution in [2.24, 2.45) is 0 Å². The lowest BCUT2D eigenvalue weighted by Crippen LogP contribution is -2.31. The number of aryl methyl sites for hydroxylation is 1. The third-order valence-electron chi connectivity index (χ3n) is 3.20. The first kappa shape index (κ1) is 11.9. The Hall–Kier alpha value is -0.550. The molecule has 0 amide bonds. The Bertz CT molecular complexity index is 326. The standard InChI is InChI=1S/C11H20N4S/c1-3-15-11(12-9-13-15)7-14-6-4-5-10(14)8-16-2/h9-10H,3-8H2,1-2H3. The van der Waals surface area contributed by atoms with Crippen molar-refractivity contribution in [1.82, 2.24) is 19.7 Å². The fraction of sp³-hybridized carbons (Fsp3) is 0.818. The molecule has 1 aliphatic heterocycles. The summed E-state index contributed by atoms with van der Waals surface area (Å²) in [5, 5.41) is 4.22. The molecule has 0 spiro atoms. The molecule has 1 aromatic heterocycles. The first-order chi connectivity index (χ1) is 7.85. The minimum Gasteiger partial charge on any atom is -0.292 e. The summed E-state index contributed by atoms with van der Waals surface area (Å²) < 4.78 is 1.99. The molecule has 1 unspecified atom stereocenters. The summed E-state index contributed by atoms with van der Waals surface area (Å²) in [7, 11) is 0. The average Bonchev–Trinajstić information content (AvgIpc) is 2.89. The summed E-state index contributed by atoms with van der Waals surface area (Å²) in [5.74, 6) is 2.34. The van der Waals surface area contributed by atoms with Crippen LogP contribution in [0.15, 0.2) is 6.33 Å². The lowest BCUT2D eigenvalue weighted by Gasteiger charge is -2.23. The second-order valence-corrected chi connectivity index (χ2v) is 5.12. The molecule has 1 aliphatic rings. The zero-order valence-corrected chi connectivity index (χ0v) is 10.9. The second kappa shape index (κ2) is 5.68. The Kier molecular flexibility index (Phi) is 4.23. The van der Waals surface area contributed by atoms with Crippen LogP contribution in [0.4, 0.5) is 0 Å². The summed E-state index contributed by atoms with van der Waals surface area (Å²) >= 11 is 1.94. The Morgan fingerprint density at radius 1 is 1.56 bits per heavy atom. The lowest BCUT2D eigenvalue weighted by molar-refractivity contribution is 0.252. The number of likely N-dealkylation sites (tertiary alicyclic amines) is 1.